The van der Waals surface area contributed by atoms with E-state index in [-0.39, 0.29) is 12.2 Å². The number of nitrogens with zero attached hydrogens (tertiary/aromatic N) is 2. The second-order valence-corrected chi connectivity index (χ2v) is 12.4. The molecular weight excluding hydrogens is 683 g/mol. The number of fused-ring (bicyclic) bond motifs is 1. The maximum Gasteiger partial charge on any atom is 0.338 e. The molecule has 0 unspecified atom stereocenters. The van der Waals surface area contributed by atoms with Crippen LogP contribution in [0.1, 0.15) is 35.9 Å². The number of hydrogen-bond donors (Lipinski definition) is 0. The number of thiophene rings is 1. The first-order valence-corrected chi connectivity index (χ1v) is 15.4. The number of rotatable bonds is 8. The van der Waals surface area contributed by atoms with Gasteiger partial charge in [-0.25, -0.2) is 9.79 Å². The molecule has 0 bridgehead atoms. The summed E-state index contributed by atoms with van der Waals surface area (Å²) >= 11 is 11.0. The molecule has 1 atom stereocenters. The van der Waals surface area contributed by atoms with Crippen LogP contribution in [-0.4, -0.2) is 24.3 Å². The Hall–Kier alpha value is -2.93. The minimum absolute atomic E-state index is 0.228. The van der Waals surface area contributed by atoms with Gasteiger partial charge in [-0.2, -0.15) is 0 Å². The number of hydrogen-bond acceptors (Lipinski definition) is 8. The number of benzene rings is 2. The van der Waals surface area contributed by atoms with Crippen molar-refractivity contribution in [2.24, 2.45) is 4.99 Å². The standard InChI is InChI=1S/C29H24ClIN2O5S2/c1-4-37-28(35)24-16(2)32-29-33(25(24)22-6-5-11-39-22)27(34)23(40-29)14-18-12-20(31)26(21(13-18)36-3)38-15-17-7-9-19(30)10-8-17/h5-14,25H,4,15H2,1-3H3/b23-14-/t25-/m0/s1. The summed E-state index contributed by atoms with van der Waals surface area (Å²) in [4.78, 5) is 32.8. The normalized spacial score (nSPS) is 15.0. The van der Waals surface area contributed by atoms with Crippen molar-refractivity contribution < 1.29 is 19.0 Å². The van der Waals surface area contributed by atoms with Crippen LogP contribution < -0.4 is 24.4 Å². The minimum Gasteiger partial charge on any atom is -0.493 e. The van der Waals surface area contributed by atoms with Crippen LogP contribution in [0.3, 0.4) is 0 Å². The van der Waals surface area contributed by atoms with Gasteiger partial charge in [0.2, 0.25) is 0 Å². The summed E-state index contributed by atoms with van der Waals surface area (Å²) in [5.41, 5.74) is 2.45. The van der Waals surface area contributed by atoms with E-state index in [1.165, 1.54) is 22.7 Å². The summed E-state index contributed by atoms with van der Waals surface area (Å²) in [6, 6.07) is 14.5. The number of thiazole rings is 1. The van der Waals surface area contributed by atoms with Crippen LogP contribution in [0.5, 0.6) is 11.5 Å². The highest BCUT2D eigenvalue weighted by molar-refractivity contribution is 14.1. The summed E-state index contributed by atoms with van der Waals surface area (Å²) in [5.74, 6) is 0.700. The van der Waals surface area contributed by atoms with Crippen LogP contribution in [-0.2, 0) is 16.1 Å². The second kappa shape index (κ2) is 12.3. The Bertz CT molecular complexity index is 1780. The van der Waals surface area contributed by atoms with Crippen molar-refractivity contribution in [1.82, 2.24) is 4.57 Å². The van der Waals surface area contributed by atoms with Crippen molar-refractivity contribution >= 4 is 68.9 Å². The molecule has 3 heterocycles. The maximum absolute atomic E-state index is 13.8. The molecule has 0 aliphatic carbocycles. The van der Waals surface area contributed by atoms with Crippen molar-refractivity contribution in [3.63, 3.8) is 0 Å². The molecule has 0 N–H and O–H groups in total. The molecule has 0 saturated carbocycles. The number of ether oxygens (including phenoxy) is 3. The predicted molar refractivity (Wildman–Crippen MR) is 166 cm³/mol. The summed E-state index contributed by atoms with van der Waals surface area (Å²) in [7, 11) is 1.58. The number of esters is 1. The van der Waals surface area contributed by atoms with Crippen LogP contribution in [0.15, 0.2) is 75.0 Å². The van der Waals surface area contributed by atoms with Gasteiger partial charge in [-0.3, -0.25) is 9.36 Å². The fourth-order valence-electron chi connectivity index (χ4n) is 4.36. The number of carbonyl (C=O) groups is 1. The van der Waals surface area contributed by atoms with Crippen molar-refractivity contribution in [3.8, 4) is 11.5 Å². The molecule has 2 aromatic heterocycles. The zero-order chi connectivity index (χ0) is 28.4. The Kier molecular flexibility index (Phi) is 8.79. The number of carbonyl (C=O) groups excluding carboxylic acids is 1. The van der Waals surface area contributed by atoms with E-state index in [1.54, 1.807) is 25.5 Å². The quantitative estimate of drug-likeness (QED) is 0.174. The van der Waals surface area contributed by atoms with Gasteiger partial charge in [0.25, 0.3) is 5.56 Å². The third-order valence-electron chi connectivity index (χ3n) is 6.18. The maximum atomic E-state index is 13.8. The molecule has 4 aromatic rings. The van der Waals surface area contributed by atoms with Gasteiger partial charge in [-0.15, -0.1) is 11.3 Å². The monoisotopic (exact) mass is 706 g/mol. The van der Waals surface area contributed by atoms with Crippen LogP contribution in [0.4, 0.5) is 0 Å². The molecular formula is C29H24ClIN2O5S2. The summed E-state index contributed by atoms with van der Waals surface area (Å²) in [6.45, 7) is 4.12. The molecule has 7 nitrogen and oxygen atoms in total. The molecule has 11 heteroatoms. The summed E-state index contributed by atoms with van der Waals surface area (Å²) < 4.78 is 20.0. The Morgan fingerprint density at radius 1 is 1.23 bits per heavy atom. The van der Waals surface area contributed by atoms with Gasteiger partial charge >= 0.3 is 5.97 Å². The van der Waals surface area contributed by atoms with E-state index in [2.05, 4.69) is 27.6 Å². The molecule has 0 radical (unpaired) electrons. The van der Waals surface area contributed by atoms with Crippen molar-refractivity contribution in [2.45, 2.75) is 26.5 Å². The number of allylic oxidation sites excluding steroid dienone is 1. The molecule has 2 aromatic carbocycles. The van der Waals surface area contributed by atoms with E-state index in [9.17, 15) is 9.59 Å². The average molecular weight is 707 g/mol. The van der Waals surface area contributed by atoms with Gasteiger partial charge in [-0.1, -0.05) is 41.1 Å². The summed E-state index contributed by atoms with van der Waals surface area (Å²) in [6.07, 6.45) is 1.81. The SMILES string of the molecule is CCOC(=O)C1=C(C)N=c2s/c(=C\c3cc(I)c(OCc4ccc(Cl)cc4)c(OC)c3)c(=O)n2[C@H]1c1cccs1. The molecule has 40 heavy (non-hydrogen) atoms. The van der Waals surface area contributed by atoms with Gasteiger partial charge in [0.15, 0.2) is 16.3 Å². The zero-order valence-electron chi connectivity index (χ0n) is 21.8. The Morgan fingerprint density at radius 3 is 2.67 bits per heavy atom. The number of halogens is 2. The van der Waals surface area contributed by atoms with Crippen LogP contribution >= 0.6 is 56.9 Å². The predicted octanol–water partition coefficient (Wildman–Crippen LogP) is 5.71. The van der Waals surface area contributed by atoms with Crippen LogP contribution in [0, 0.1) is 3.57 Å². The smallest absolute Gasteiger partial charge is 0.338 e. The minimum atomic E-state index is -0.601. The first-order valence-electron chi connectivity index (χ1n) is 12.3. The van der Waals surface area contributed by atoms with Crippen molar-refractivity contribution in [3.05, 3.63) is 109 Å². The lowest BCUT2D eigenvalue weighted by molar-refractivity contribution is -0.139. The second-order valence-electron chi connectivity index (χ2n) is 8.77. The molecule has 0 spiro atoms. The van der Waals surface area contributed by atoms with E-state index in [1.807, 2.05) is 60.0 Å². The van der Waals surface area contributed by atoms with Crippen molar-refractivity contribution in [1.29, 1.82) is 0 Å². The highest BCUT2D eigenvalue weighted by Gasteiger charge is 2.33. The lowest BCUT2D eigenvalue weighted by atomic mass is 10.0. The Labute approximate surface area is 257 Å². The van der Waals surface area contributed by atoms with E-state index in [0.29, 0.717) is 43.7 Å². The van der Waals surface area contributed by atoms with Crippen LogP contribution in [0.25, 0.3) is 6.08 Å². The molecule has 0 amide bonds. The van der Waals surface area contributed by atoms with Gasteiger partial charge in [-0.05, 0) is 89.4 Å². The number of aromatic nitrogens is 1. The summed E-state index contributed by atoms with van der Waals surface area (Å²) in [5, 5.41) is 2.59. The van der Waals surface area contributed by atoms with Crippen molar-refractivity contribution in [2.75, 3.05) is 13.7 Å². The Balaban J connectivity index is 1.54. The highest BCUT2D eigenvalue weighted by Crippen LogP contribution is 2.35. The van der Waals surface area contributed by atoms with E-state index in [0.717, 1.165) is 19.6 Å². The molecule has 0 saturated heterocycles. The Morgan fingerprint density at radius 2 is 2.00 bits per heavy atom. The average Bonchev–Trinajstić information content (AvgIpc) is 3.56. The van der Waals surface area contributed by atoms with Gasteiger partial charge in [0.05, 0.1) is 33.1 Å². The molecule has 1 aliphatic heterocycles. The molecule has 206 valence electrons. The fourth-order valence-corrected chi connectivity index (χ4v) is 7.14. The first-order chi connectivity index (χ1) is 19.3. The highest BCUT2D eigenvalue weighted by atomic mass is 127. The number of methoxy groups -OCH3 is 1. The molecule has 5 rings (SSSR count). The van der Waals surface area contributed by atoms with Crippen LogP contribution in [0.2, 0.25) is 5.02 Å². The van der Waals surface area contributed by atoms with E-state index < -0.39 is 12.0 Å². The van der Waals surface area contributed by atoms with Gasteiger partial charge < -0.3 is 14.2 Å². The topological polar surface area (TPSA) is 79.1 Å². The largest absolute Gasteiger partial charge is 0.493 e. The van der Waals surface area contributed by atoms with Gasteiger partial charge in [0, 0.05) is 9.90 Å². The first kappa shape index (κ1) is 28.6. The lowest BCUT2D eigenvalue weighted by Gasteiger charge is -2.23. The lowest BCUT2D eigenvalue weighted by Crippen LogP contribution is -2.39. The molecule has 0 fully saturated rings. The van der Waals surface area contributed by atoms with Gasteiger partial charge in [0.1, 0.15) is 12.6 Å². The zero-order valence-corrected chi connectivity index (χ0v) is 26.3. The third-order valence-corrected chi connectivity index (χ3v) is 9.14. The fraction of sp³-hybridized carbons (Fsp3) is 0.207. The molecule has 1 aliphatic rings. The van der Waals surface area contributed by atoms with E-state index >= 15 is 0 Å². The third kappa shape index (κ3) is 5.76. The van der Waals surface area contributed by atoms with E-state index in [4.69, 9.17) is 25.8 Å².